The Hall–Kier alpha value is -1.30. The number of ether oxygens (including phenoxy) is 1. The van der Waals surface area contributed by atoms with Crippen LogP contribution in [0, 0.1) is 0 Å². The van der Waals surface area contributed by atoms with E-state index in [2.05, 4.69) is 9.98 Å². The molecule has 1 fully saturated rings. The molecule has 0 radical (unpaired) electrons. The van der Waals surface area contributed by atoms with E-state index in [0.29, 0.717) is 13.2 Å². The first-order valence-corrected chi connectivity index (χ1v) is 4.54. The van der Waals surface area contributed by atoms with Gasteiger partial charge in [-0.2, -0.15) is 4.99 Å². The molecule has 1 saturated heterocycles. The van der Waals surface area contributed by atoms with Crippen molar-refractivity contribution in [2.45, 2.75) is 25.3 Å². The fraction of sp³-hybridized carbons (Fsp3) is 0.750. The fourth-order valence-corrected chi connectivity index (χ4v) is 1.36. The molecule has 6 nitrogen and oxygen atoms in total. The monoisotopic (exact) mass is 199 g/mol. The molecule has 0 spiro atoms. The van der Waals surface area contributed by atoms with Crippen molar-refractivity contribution in [2.75, 3.05) is 13.2 Å². The number of hydrogen-bond acceptors (Lipinski definition) is 2. The van der Waals surface area contributed by atoms with Crippen LogP contribution in [0.4, 0.5) is 0 Å². The van der Waals surface area contributed by atoms with Crippen LogP contribution >= 0.6 is 0 Å². The Morgan fingerprint density at radius 3 is 2.29 bits per heavy atom. The smallest absolute Gasteiger partial charge is 0.219 e. The second kappa shape index (κ2) is 4.28. The van der Waals surface area contributed by atoms with E-state index in [1.165, 1.54) is 0 Å². The Kier molecular flexibility index (Phi) is 3.29. The van der Waals surface area contributed by atoms with E-state index in [-0.39, 0.29) is 17.5 Å². The Balaban J connectivity index is 2.68. The molecule has 0 unspecified atom stereocenters. The minimum atomic E-state index is -0.193. The van der Waals surface area contributed by atoms with E-state index in [1.807, 2.05) is 6.92 Å². The highest BCUT2D eigenvalue weighted by Gasteiger charge is 2.26. The van der Waals surface area contributed by atoms with Crippen LogP contribution in [0.15, 0.2) is 9.98 Å². The summed E-state index contributed by atoms with van der Waals surface area (Å²) in [6.07, 6.45) is 1.68. The van der Waals surface area contributed by atoms with Crippen molar-refractivity contribution in [1.82, 2.24) is 0 Å². The molecular formula is C8H17N5O. The molecule has 0 aliphatic carbocycles. The van der Waals surface area contributed by atoms with Crippen molar-refractivity contribution in [3.8, 4) is 0 Å². The van der Waals surface area contributed by atoms with Crippen molar-refractivity contribution in [2.24, 2.45) is 27.2 Å². The van der Waals surface area contributed by atoms with Crippen LogP contribution in [0.5, 0.6) is 0 Å². The van der Waals surface area contributed by atoms with E-state index < -0.39 is 0 Å². The summed E-state index contributed by atoms with van der Waals surface area (Å²) in [5, 5.41) is 0. The molecule has 14 heavy (non-hydrogen) atoms. The molecule has 0 saturated carbocycles. The number of aliphatic imine (C=N–C) groups is 2. The van der Waals surface area contributed by atoms with Gasteiger partial charge in [0.1, 0.15) is 0 Å². The average Bonchev–Trinajstić information content (AvgIpc) is 2.02. The fourth-order valence-electron chi connectivity index (χ4n) is 1.36. The summed E-state index contributed by atoms with van der Waals surface area (Å²) in [6, 6.07) is 0. The van der Waals surface area contributed by atoms with E-state index in [9.17, 15) is 0 Å². The maximum atomic E-state index is 5.55. The first-order valence-electron chi connectivity index (χ1n) is 4.54. The average molecular weight is 199 g/mol. The Morgan fingerprint density at radius 1 is 1.21 bits per heavy atom. The van der Waals surface area contributed by atoms with Crippen LogP contribution in [0.3, 0.4) is 0 Å². The zero-order valence-electron chi connectivity index (χ0n) is 8.36. The van der Waals surface area contributed by atoms with Crippen molar-refractivity contribution in [3.05, 3.63) is 0 Å². The van der Waals surface area contributed by atoms with E-state index in [4.69, 9.17) is 21.9 Å². The van der Waals surface area contributed by atoms with Gasteiger partial charge in [-0.25, -0.2) is 4.99 Å². The number of rotatable bonds is 1. The van der Waals surface area contributed by atoms with Gasteiger partial charge >= 0.3 is 0 Å². The zero-order valence-corrected chi connectivity index (χ0v) is 8.36. The SMILES string of the molecule is CC1(N=C(N)N=C(N)N)CCOCC1. The van der Waals surface area contributed by atoms with Crippen molar-refractivity contribution in [3.63, 3.8) is 0 Å². The van der Waals surface area contributed by atoms with E-state index in [0.717, 1.165) is 12.8 Å². The lowest BCUT2D eigenvalue weighted by atomic mass is 9.94. The third-order valence-electron chi connectivity index (χ3n) is 2.20. The lowest BCUT2D eigenvalue weighted by Crippen LogP contribution is -2.34. The lowest BCUT2D eigenvalue weighted by molar-refractivity contribution is 0.0602. The second-order valence-electron chi connectivity index (χ2n) is 3.62. The minimum Gasteiger partial charge on any atom is -0.381 e. The summed E-state index contributed by atoms with van der Waals surface area (Å²) in [7, 11) is 0. The third kappa shape index (κ3) is 3.21. The molecule has 80 valence electrons. The highest BCUT2D eigenvalue weighted by atomic mass is 16.5. The molecule has 0 aromatic rings. The highest BCUT2D eigenvalue weighted by molar-refractivity contribution is 5.92. The molecular weight excluding hydrogens is 182 g/mol. The first kappa shape index (κ1) is 10.8. The first-order chi connectivity index (χ1) is 6.52. The van der Waals surface area contributed by atoms with Crippen LogP contribution < -0.4 is 17.2 Å². The second-order valence-corrected chi connectivity index (χ2v) is 3.62. The molecule has 0 amide bonds. The van der Waals surface area contributed by atoms with Gasteiger partial charge in [0.15, 0.2) is 5.96 Å². The molecule has 0 aromatic heterocycles. The lowest BCUT2D eigenvalue weighted by Gasteiger charge is -2.29. The van der Waals surface area contributed by atoms with Crippen LogP contribution in [-0.2, 0) is 4.74 Å². The van der Waals surface area contributed by atoms with Gasteiger partial charge < -0.3 is 21.9 Å². The summed E-state index contributed by atoms with van der Waals surface area (Å²) in [6.45, 7) is 3.43. The van der Waals surface area contributed by atoms with Crippen molar-refractivity contribution < 1.29 is 4.74 Å². The Bertz CT molecular complexity index is 250. The van der Waals surface area contributed by atoms with Gasteiger partial charge in [0.25, 0.3) is 0 Å². The van der Waals surface area contributed by atoms with Gasteiger partial charge in [-0.15, -0.1) is 0 Å². The Labute approximate surface area is 83.2 Å². The van der Waals surface area contributed by atoms with Crippen molar-refractivity contribution >= 4 is 11.9 Å². The van der Waals surface area contributed by atoms with Crippen molar-refractivity contribution in [1.29, 1.82) is 0 Å². The number of nitrogens with zero attached hydrogens (tertiary/aromatic N) is 2. The van der Waals surface area contributed by atoms with Crippen LogP contribution in [0.25, 0.3) is 0 Å². The summed E-state index contributed by atoms with van der Waals surface area (Å²) in [4.78, 5) is 7.95. The molecule has 1 rings (SSSR count). The van der Waals surface area contributed by atoms with E-state index >= 15 is 0 Å². The number of nitrogens with two attached hydrogens (primary N) is 3. The summed E-state index contributed by atoms with van der Waals surface area (Å²) >= 11 is 0. The predicted octanol–water partition coefficient (Wildman–Crippen LogP) is -0.856. The largest absolute Gasteiger partial charge is 0.381 e. The molecule has 1 heterocycles. The Morgan fingerprint density at radius 2 is 1.79 bits per heavy atom. The van der Waals surface area contributed by atoms with Gasteiger partial charge in [-0.3, -0.25) is 0 Å². The molecule has 0 atom stereocenters. The minimum absolute atomic E-state index is 0.0677. The van der Waals surface area contributed by atoms with Gasteiger partial charge in [0, 0.05) is 13.2 Å². The predicted molar refractivity (Wildman–Crippen MR) is 55.9 cm³/mol. The zero-order chi connectivity index (χ0) is 10.6. The highest BCUT2D eigenvalue weighted by Crippen LogP contribution is 2.24. The summed E-state index contributed by atoms with van der Waals surface area (Å²) < 4.78 is 5.23. The topological polar surface area (TPSA) is 112 Å². The quantitative estimate of drug-likeness (QED) is 0.377. The van der Waals surface area contributed by atoms with Crippen LogP contribution in [-0.4, -0.2) is 30.7 Å². The van der Waals surface area contributed by atoms with Crippen LogP contribution in [0.2, 0.25) is 0 Å². The molecule has 6 N–H and O–H groups in total. The molecule has 0 bridgehead atoms. The van der Waals surface area contributed by atoms with Crippen LogP contribution in [0.1, 0.15) is 19.8 Å². The van der Waals surface area contributed by atoms with Gasteiger partial charge in [0.2, 0.25) is 5.96 Å². The maximum absolute atomic E-state index is 5.55. The molecule has 6 heteroatoms. The molecule has 0 aromatic carbocycles. The summed E-state index contributed by atoms with van der Waals surface area (Å²) in [5.74, 6) is 0.0660. The number of guanidine groups is 2. The summed E-state index contributed by atoms with van der Waals surface area (Å²) in [5.41, 5.74) is 15.7. The third-order valence-corrected chi connectivity index (χ3v) is 2.20. The van der Waals surface area contributed by atoms with Gasteiger partial charge in [-0.05, 0) is 19.8 Å². The van der Waals surface area contributed by atoms with E-state index in [1.54, 1.807) is 0 Å². The van der Waals surface area contributed by atoms with Gasteiger partial charge in [-0.1, -0.05) is 0 Å². The number of hydrogen-bond donors (Lipinski definition) is 3. The van der Waals surface area contributed by atoms with Gasteiger partial charge in [0.05, 0.1) is 5.54 Å². The normalized spacial score (nSPS) is 21.6. The molecule has 1 aliphatic rings. The standard InChI is InChI=1S/C8H17N5O/c1-8(2-4-14-5-3-8)13-7(11)12-6(9)10/h2-5H2,1H3,(H6,9,10,11,12,13). The molecule has 1 aliphatic heterocycles. The maximum Gasteiger partial charge on any atom is 0.219 e.